The van der Waals surface area contributed by atoms with E-state index in [1.54, 1.807) is 30.5 Å². The van der Waals surface area contributed by atoms with Gasteiger partial charge in [-0.1, -0.05) is 48.0 Å². The fraction of sp³-hybridized carbons (Fsp3) is 0.222. The minimum absolute atomic E-state index is 0.120. The molecule has 5 aromatic rings. The van der Waals surface area contributed by atoms with Gasteiger partial charge in [0.1, 0.15) is 24.2 Å². The summed E-state index contributed by atoms with van der Waals surface area (Å²) in [7, 11) is 3.95. The van der Waals surface area contributed by atoms with Gasteiger partial charge in [0.2, 0.25) is 5.91 Å². The fourth-order valence-electron chi connectivity index (χ4n) is 5.00. The molecule has 0 radical (unpaired) electrons. The van der Waals surface area contributed by atoms with E-state index in [0.717, 1.165) is 29.8 Å². The number of fused-ring (bicyclic) bond motifs is 1. The van der Waals surface area contributed by atoms with Crippen molar-refractivity contribution in [3.05, 3.63) is 101 Å². The minimum atomic E-state index is -0.120. The lowest BCUT2D eigenvalue weighted by Gasteiger charge is -2.17. The molecule has 0 saturated heterocycles. The number of aromatic nitrogens is 2. The van der Waals surface area contributed by atoms with Crippen LogP contribution >= 0.6 is 11.6 Å². The Kier molecular flexibility index (Phi) is 10.7. The molecule has 46 heavy (non-hydrogen) atoms. The highest BCUT2D eigenvalue weighted by atomic mass is 35.5. The topological polar surface area (TPSA) is 112 Å². The molecule has 0 bridgehead atoms. The molecule has 0 spiro atoms. The summed E-state index contributed by atoms with van der Waals surface area (Å²) in [6.45, 7) is 3.33. The highest BCUT2D eigenvalue weighted by molar-refractivity contribution is 6.32. The number of anilines is 3. The van der Waals surface area contributed by atoms with E-state index in [1.165, 1.54) is 6.20 Å². The van der Waals surface area contributed by atoms with Crippen molar-refractivity contribution < 1.29 is 14.3 Å². The van der Waals surface area contributed by atoms with Crippen LogP contribution in [0.4, 0.5) is 17.1 Å². The van der Waals surface area contributed by atoms with Crippen LogP contribution in [0.5, 0.6) is 11.5 Å². The van der Waals surface area contributed by atoms with E-state index in [4.69, 9.17) is 21.1 Å². The molecular formula is C36H35ClN6O3. The van der Waals surface area contributed by atoms with Gasteiger partial charge in [-0.2, -0.15) is 5.26 Å². The number of carbonyl (C=O) groups excluding carboxylic acids is 1. The summed E-state index contributed by atoms with van der Waals surface area (Å²) in [5.74, 6) is 0.884. The molecule has 0 saturated carbocycles. The maximum atomic E-state index is 12.8. The van der Waals surface area contributed by atoms with Crippen molar-refractivity contribution >= 4 is 45.5 Å². The number of halogens is 1. The number of hydrogen-bond donors (Lipinski definition) is 2. The van der Waals surface area contributed by atoms with Crippen molar-refractivity contribution in [3.8, 4) is 28.7 Å². The number of nitriles is 1. The first-order valence-corrected chi connectivity index (χ1v) is 15.4. The molecule has 10 heteroatoms. The number of amides is 1. The molecule has 2 aromatic heterocycles. The number of nitrogens with zero attached hydrogens (tertiary/aromatic N) is 4. The van der Waals surface area contributed by atoms with E-state index in [9.17, 15) is 10.1 Å². The van der Waals surface area contributed by atoms with Crippen LogP contribution in [-0.4, -0.2) is 48.0 Å². The minimum Gasteiger partial charge on any atom is -0.492 e. The van der Waals surface area contributed by atoms with Gasteiger partial charge in [-0.15, -0.1) is 0 Å². The Morgan fingerprint density at radius 2 is 1.83 bits per heavy atom. The summed E-state index contributed by atoms with van der Waals surface area (Å²) in [4.78, 5) is 23.8. The summed E-state index contributed by atoms with van der Waals surface area (Å²) < 4.78 is 11.9. The highest BCUT2D eigenvalue weighted by Crippen LogP contribution is 2.37. The number of rotatable bonds is 13. The van der Waals surface area contributed by atoms with Crippen molar-refractivity contribution in [1.29, 1.82) is 5.26 Å². The molecule has 5 rings (SSSR count). The second-order valence-corrected chi connectivity index (χ2v) is 11.2. The second kappa shape index (κ2) is 15.2. The van der Waals surface area contributed by atoms with Crippen LogP contribution in [0.15, 0.2) is 85.2 Å². The Labute approximate surface area is 273 Å². The van der Waals surface area contributed by atoms with Gasteiger partial charge in [0.15, 0.2) is 0 Å². The van der Waals surface area contributed by atoms with Crippen molar-refractivity contribution in [2.45, 2.75) is 26.4 Å². The monoisotopic (exact) mass is 634 g/mol. The summed E-state index contributed by atoms with van der Waals surface area (Å²) >= 11 is 6.68. The zero-order valence-electron chi connectivity index (χ0n) is 26.0. The van der Waals surface area contributed by atoms with Crippen molar-refractivity contribution in [2.24, 2.45) is 0 Å². The third-order valence-electron chi connectivity index (χ3n) is 7.21. The number of hydrogen-bond acceptors (Lipinski definition) is 8. The smallest absolute Gasteiger partial charge is 0.224 e. The molecule has 234 valence electrons. The SMILES string of the molecule is CCOc1cc2ncc(C#N)c(Nc3ccc(OCc4ncccc4-c4ccccc4)c(Cl)c3)c2cc1NC(=O)CCCN(C)C. The van der Waals surface area contributed by atoms with Crippen LogP contribution in [0.25, 0.3) is 22.0 Å². The summed E-state index contributed by atoms with van der Waals surface area (Å²) in [5, 5.41) is 17.3. The van der Waals surface area contributed by atoms with Gasteiger partial charge in [0.05, 0.1) is 39.8 Å². The quantitative estimate of drug-likeness (QED) is 0.135. The Balaban J connectivity index is 1.39. The van der Waals surface area contributed by atoms with Gasteiger partial charge < -0.3 is 25.0 Å². The molecule has 0 aliphatic rings. The molecule has 2 heterocycles. The number of pyridine rings is 2. The van der Waals surface area contributed by atoms with Gasteiger partial charge in [0, 0.05) is 41.5 Å². The second-order valence-electron chi connectivity index (χ2n) is 10.8. The van der Waals surface area contributed by atoms with Crippen LogP contribution in [0.2, 0.25) is 5.02 Å². The molecule has 0 atom stereocenters. The van der Waals surface area contributed by atoms with Gasteiger partial charge in [-0.25, -0.2) is 0 Å². The summed E-state index contributed by atoms with van der Waals surface area (Å²) in [6, 6.07) is 25.1. The van der Waals surface area contributed by atoms with E-state index < -0.39 is 0 Å². The summed E-state index contributed by atoms with van der Waals surface area (Å²) in [6.07, 6.45) is 4.34. The van der Waals surface area contributed by atoms with Crippen LogP contribution in [0, 0.1) is 11.3 Å². The van der Waals surface area contributed by atoms with Crippen molar-refractivity contribution in [3.63, 3.8) is 0 Å². The highest BCUT2D eigenvalue weighted by Gasteiger charge is 2.17. The predicted octanol–water partition coefficient (Wildman–Crippen LogP) is 7.82. The van der Waals surface area contributed by atoms with Crippen molar-refractivity contribution in [2.75, 3.05) is 37.9 Å². The van der Waals surface area contributed by atoms with Gasteiger partial charge >= 0.3 is 0 Å². The molecule has 2 N–H and O–H groups in total. The average Bonchev–Trinajstić information content (AvgIpc) is 3.05. The Morgan fingerprint density at radius 3 is 2.57 bits per heavy atom. The molecule has 0 fully saturated rings. The van der Waals surface area contributed by atoms with E-state index >= 15 is 0 Å². The van der Waals surface area contributed by atoms with Crippen molar-refractivity contribution in [1.82, 2.24) is 14.9 Å². The molecule has 9 nitrogen and oxygen atoms in total. The van der Waals surface area contributed by atoms with Crippen LogP contribution in [0.1, 0.15) is 31.0 Å². The number of ether oxygens (including phenoxy) is 2. The number of nitrogens with one attached hydrogen (secondary N) is 2. The van der Waals surface area contributed by atoms with Crippen LogP contribution in [0.3, 0.4) is 0 Å². The molecule has 0 unspecified atom stereocenters. The van der Waals surface area contributed by atoms with Crippen LogP contribution in [-0.2, 0) is 11.4 Å². The first kappa shape index (κ1) is 32.2. The maximum Gasteiger partial charge on any atom is 0.224 e. The Morgan fingerprint density at radius 1 is 1.00 bits per heavy atom. The lowest BCUT2D eigenvalue weighted by atomic mass is 10.0. The molecule has 3 aromatic carbocycles. The van der Waals surface area contributed by atoms with Gasteiger partial charge in [0.25, 0.3) is 0 Å². The number of carbonyl (C=O) groups is 1. The zero-order valence-corrected chi connectivity index (χ0v) is 26.8. The van der Waals surface area contributed by atoms with Gasteiger partial charge in [-0.3, -0.25) is 14.8 Å². The zero-order chi connectivity index (χ0) is 32.5. The van der Waals surface area contributed by atoms with Gasteiger partial charge in [-0.05, 0) is 69.9 Å². The largest absolute Gasteiger partial charge is 0.492 e. The Hall–Kier alpha value is -5.17. The normalized spacial score (nSPS) is 10.9. The van der Waals surface area contributed by atoms with Crippen LogP contribution < -0.4 is 20.1 Å². The standard InChI is InChI=1S/C36H35ClN6O3/c1-4-45-34-20-30-28(19-31(34)42-35(44)13-9-17-43(2)3)36(25(21-38)22-40-30)41-26-14-15-33(29(37)18-26)46-23-32-27(12-8-16-39-32)24-10-6-5-7-11-24/h5-8,10-12,14-16,18-20,22H,4,9,13,17,23H2,1-3H3,(H,40,41)(H,42,44). The van der Waals surface area contributed by atoms with E-state index in [0.29, 0.717) is 63.1 Å². The average molecular weight is 635 g/mol. The maximum absolute atomic E-state index is 12.8. The molecule has 0 aliphatic heterocycles. The first-order valence-electron chi connectivity index (χ1n) is 15.0. The third-order valence-corrected chi connectivity index (χ3v) is 7.51. The fourth-order valence-corrected chi connectivity index (χ4v) is 5.24. The molecular weight excluding hydrogens is 600 g/mol. The molecule has 0 aliphatic carbocycles. The lowest BCUT2D eigenvalue weighted by Crippen LogP contribution is -2.17. The van der Waals surface area contributed by atoms with E-state index in [1.807, 2.05) is 74.4 Å². The van der Waals surface area contributed by atoms with E-state index in [2.05, 4.69) is 26.7 Å². The Bertz CT molecular complexity index is 1870. The predicted molar refractivity (Wildman–Crippen MR) is 183 cm³/mol. The summed E-state index contributed by atoms with van der Waals surface area (Å²) in [5.41, 5.74) is 5.46. The molecule has 1 amide bonds. The first-order chi connectivity index (χ1) is 22.4. The third kappa shape index (κ3) is 7.91. The lowest BCUT2D eigenvalue weighted by molar-refractivity contribution is -0.116. The number of benzene rings is 3. The van der Waals surface area contributed by atoms with E-state index in [-0.39, 0.29) is 12.5 Å².